The smallest absolute Gasteiger partial charge is 0.356 e. The van der Waals surface area contributed by atoms with E-state index in [0.29, 0.717) is 10.8 Å². The third-order valence-electron chi connectivity index (χ3n) is 7.05. The van der Waals surface area contributed by atoms with Crippen molar-refractivity contribution in [2.75, 3.05) is 23.9 Å². The van der Waals surface area contributed by atoms with Crippen LogP contribution in [0.4, 0.5) is 22.7 Å². The molecule has 0 aliphatic heterocycles. The largest absolute Gasteiger partial charge is 0.507 e. The molecule has 0 aliphatic rings. The number of hydrogen-bond acceptors (Lipinski definition) is 13. The lowest BCUT2D eigenvalue weighted by molar-refractivity contribution is 0.0680. The number of aromatic hydroxyl groups is 2. The van der Waals surface area contributed by atoms with Crippen LogP contribution in [0.3, 0.4) is 0 Å². The summed E-state index contributed by atoms with van der Waals surface area (Å²) in [6, 6.07) is 24.1. The number of fused-ring (bicyclic) bond motifs is 1. The first-order chi connectivity index (χ1) is 26.8. The van der Waals surface area contributed by atoms with E-state index in [1.54, 1.807) is 24.3 Å². The predicted molar refractivity (Wildman–Crippen MR) is 213 cm³/mol. The number of hydrogen-bond donors (Lipinski definition) is 9. The molecule has 0 amide bonds. The monoisotopic (exact) mass is 861 g/mol. The lowest BCUT2D eigenvalue weighted by Gasteiger charge is -2.09. The molecule has 0 fully saturated rings. The number of ether oxygens (including phenoxy) is 1. The number of benzene rings is 4. The Labute approximate surface area is 338 Å². The number of carboxylic acids is 3. The fourth-order valence-corrected chi connectivity index (χ4v) is 5.49. The maximum atomic E-state index is 11.2. The highest BCUT2D eigenvalue weighted by Gasteiger charge is 2.19. The summed E-state index contributed by atoms with van der Waals surface area (Å²) in [6.07, 6.45) is 1.48. The Balaban J connectivity index is 0.000000215. The van der Waals surface area contributed by atoms with Crippen LogP contribution in [0.25, 0.3) is 10.8 Å². The molecule has 0 saturated heterocycles. The minimum atomic E-state index is -4.37. The molecular weight excluding hydrogens is 833 g/mol. The number of phenolic OH excluding ortho intramolecular Hbond substituents is 2. The number of pyridine rings is 2. The summed E-state index contributed by atoms with van der Waals surface area (Å²) >= 11 is 16.6. The van der Waals surface area contributed by atoms with Crippen LogP contribution >= 0.6 is 34.8 Å². The number of anilines is 4. The molecule has 0 unspecified atom stereocenters. The van der Waals surface area contributed by atoms with Crippen molar-refractivity contribution in [1.29, 1.82) is 0 Å². The third-order valence-corrected chi connectivity index (χ3v) is 9.01. The summed E-state index contributed by atoms with van der Waals surface area (Å²) in [5.74, 6) is -3.75. The first kappa shape index (κ1) is 44.8. The average molecular weight is 863 g/mol. The summed E-state index contributed by atoms with van der Waals surface area (Å²) in [4.78, 5) is 38.2. The van der Waals surface area contributed by atoms with Gasteiger partial charge in [0.05, 0.1) is 34.0 Å². The van der Waals surface area contributed by atoms with Gasteiger partial charge in [-0.15, -0.1) is 0 Å². The molecule has 4 aromatic carbocycles. The highest BCUT2D eigenvalue weighted by atomic mass is 35.5. The molecule has 0 bridgehead atoms. The predicted octanol–water partition coefficient (Wildman–Crippen LogP) is 7.32. The molecule has 11 N–H and O–H groups in total. The summed E-state index contributed by atoms with van der Waals surface area (Å²) in [5.41, 5.74) is 11.7. The molecule has 57 heavy (non-hydrogen) atoms. The van der Waals surface area contributed by atoms with Crippen molar-refractivity contribution in [3.8, 4) is 17.4 Å². The Morgan fingerprint density at radius 1 is 0.719 bits per heavy atom. The number of rotatable bonds is 7. The van der Waals surface area contributed by atoms with E-state index in [0.717, 1.165) is 17.4 Å². The van der Waals surface area contributed by atoms with Gasteiger partial charge < -0.3 is 47.1 Å². The van der Waals surface area contributed by atoms with Gasteiger partial charge in [-0.2, -0.15) is 8.42 Å². The van der Waals surface area contributed by atoms with E-state index in [-0.39, 0.29) is 60.0 Å². The minimum absolute atomic E-state index is 0.0448. The zero-order chi connectivity index (χ0) is 42.6. The van der Waals surface area contributed by atoms with Gasteiger partial charge in [-0.1, -0.05) is 59.1 Å². The van der Waals surface area contributed by atoms with E-state index < -0.39 is 33.7 Å². The standard InChI is InChI=1S/C16H13NO4S.2C7H7NO3.C6H3Cl3N2O2/c18-16-10-14(22(19,20)21)9-11-8-13(6-7-15(11)16)17-12-4-2-1-3-5-12;1-11-6-5(7(9)10)3-2-4-8-6;8-6-4(7(10)11)2-1-3-5(6)9;7-1-3(10)2(8)5(9)11-4(1)6(12)13/h1-10,17-18H,(H,19,20,21);2-4H,1H3,(H,9,10);1-3,9H,8H2,(H,10,11);(H2,10,11)(H,12,13). The molecule has 6 rings (SSSR count). The van der Waals surface area contributed by atoms with Crippen LogP contribution < -0.4 is 21.5 Å². The van der Waals surface area contributed by atoms with Gasteiger partial charge in [-0.25, -0.2) is 24.4 Å². The number of nitrogens with one attached hydrogen (secondary N) is 1. The average Bonchev–Trinajstić information content (AvgIpc) is 3.17. The second kappa shape index (κ2) is 19.8. The van der Waals surface area contributed by atoms with Gasteiger partial charge in [-0.3, -0.25) is 4.55 Å². The highest BCUT2D eigenvalue weighted by Crippen LogP contribution is 2.34. The fourth-order valence-electron chi connectivity index (χ4n) is 4.37. The molecule has 21 heteroatoms. The van der Waals surface area contributed by atoms with Crippen molar-refractivity contribution in [2.45, 2.75) is 4.90 Å². The van der Waals surface area contributed by atoms with Gasteiger partial charge in [0, 0.05) is 29.0 Å². The van der Waals surface area contributed by atoms with Crippen molar-refractivity contribution >= 4 is 96.4 Å². The van der Waals surface area contributed by atoms with Gasteiger partial charge in [0.15, 0.2) is 10.8 Å². The summed E-state index contributed by atoms with van der Waals surface area (Å²) < 4.78 is 36.3. The van der Waals surface area contributed by atoms with E-state index in [2.05, 4.69) is 15.3 Å². The van der Waals surface area contributed by atoms with Crippen LogP contribution in [0.15, 0.2) is 102 Å². The Kier molecular flexibility index (Phi) is 15.6. The Morgan fingerprint density at radius 3 is 1.89 bits per heavy atom. The van der Waals surface area contributed by atoms with Crippen LogP contribution in [-0.4, -0.2) is 73.5 Å². The number of halogens is 3. The maximum Gasteiger partial charge on any atom is 0.356 e. The number of phenols is 2. The lowest BCUT2D eigenvalue weighted by atomic mass is 10.1. The maximum absolute atomic E-state index is 11.2. The van der Waals surface area contributed by atoms with Crippen molar-refractivity contribution in [2.24, 2.45) is 0 Å². The zero-order valence-corrected chi connectivity index (χ0v) is 32.0. The zero-order valence-electron chi connectivity index (χ0n) is 29.0. The SMILES string of the molecule is COc1ncccc1C(=O)O.Nc1c(Cl)c(Cl)nc(C(=O)O)c1Cl.Nc1c(O)cccc1C(=O)O.O=S(=O)(O)c1cc(O)c2ccc(Nc3ccccc3)cc2c1. The van der Waals surface area contributed by atoms with Gasteiger partial charge in [0.2, 0.25) is 5.88 Å². The van der Waals surface area contributed by atoms with Crippen LogP contribution in [0.5, 0.6) is 17.4 Å². The van der Waals surface area contributed by atoms with Gasteiger partial charge in [0.1, 0.15) is 22.1 Å². The lowest BCUT2D eigenvalue weighted by Crippen LogP contribution is -2.04. The number of nitrogen functional groups attached to an aromatic ring is 2. The Bertz CT molecular complexity index is 2550. The molecule has 17 nitrogen and oxygen atoms in total. The summed E-state index contributed by atoms with van der Waals surface area (Å²) in [7, 11) is -2.99. The molecule has 2 aromatic heterocycles. The molecule has 0 atom stereocenters. The quantitative estimate of drug-likeness (QED) is 0.0328. The second-order valence-electron chi connectivity index (χ2n) is 10.9. The normalized spacial score (nSPS) is 10.3. The molecule has 0 radical (unpaired) electrons. The number of carbonyl (C=O) groups is 3. The number of aromatic carboxylic acids is 3. The summed E-state index contributed by atoms with van der Waals surface area (Å²) in [5, 5.41) is 48.3. The molecule has 0 aliphatic carbocycles. The fraction of sp³-hybridized carbons (Fsp3) is 0.0278. The Morgan fingerprint density at radius 2 is 1.35 bits per heavy atom. The molecular formula is C36H30Cl3N5O12S. The van der Waals surface area contributed by atoms with E-state index >= 15 is 0 Å². The van der Waals surface area contributed by atoms with Crippen LogP contribution in [-0.2, 0) is 10.1 Å². The van der Waals surface area contributed by atoms with Crippen LogP contribution in [0, 0.1) is 0 Å². The van der Waals surface area contributed by atoms with E-state index in [4.69, 9.17) is 76.0 Å². The number of para-hydroxylation sites is 2. The van der Waals surface area contributed by atoms with Crippen LogP contribution in [0.1, 0.15) is 31.2 Å². The molecule has 0 saturated carbocycles. The van der Waals surface area contributed by atoms with E-state index in [1.165, 1.54) is 43.6 Å². The van der Waals surface area contributed by atoms with Crippen molar-refractivity contribution in [1.82, 2.24) is 9.97 Å². The van der Waals surface area contributed by atoms with Crippen molar-refractivity contribution in [3.63, 3.8) is 0 Å². The number of nitrogens with two attached hydrogens (primary N) is 2. The molecule has 0 spiro atoms. The van der Waals surface area contributed by atoms with E-state index in [1.807, 2.05) is 30.3 Å². The Hall–Kier alpha value is -6.57. The van der Waals surface area contributed by atoms with Crippen molar-refractivity contribution in [3.05, 3.63) is 129 Å². The van der Waals surface area contributed by atoms with Gasteiger partial charge in [-0.05, 0) is 66.0 Å². The van der Waals surface area contributed by atoms with E-state index in [9.17, 15) is 27.9 Å². The van der Waals surface area contributed by atoms with Crippen molar-refractivity contribution < 1.29 is 57.6 Å². The number of methoxy groups -OCH3 is 1. The topological polar surface area (TPSA) is 306 Å². The first-order valence-corrected chi connectivity index (χ1v) is 18.0. The number of carboxylic acid groups (broad SMARTS) is 3. The third kappa shape index (κ3) is 12.2. The second-order valence-corrected chi connectivity index (χ2v) is 13.4. The van der Waals surface area contributed by atoms with Crippen LogP contribution in [0.2, 0.25) is 15.2 Å². The van der Waals surface area contributed by atoms with Gasteiger partial charge >= 0.3 is 17.9 Å². The summed E-state index contributed by atoms with van der Waals surface area (Å²) in [6.45, 7) is 0. The molecule has 298 valence electrons. The highest BCUT2D eigenvalue weighted by molar-refractivity contribution is 7.85. The first-order valence-electron chi connectivity index (χ1n) is 15.4. The number of aromatic nitrogens is 2. The molecule has 2 heterocycles. The minimum Gasteiger partial charge on any atom is -0.507 e. The van der Waals surface area contributed by atoms with Gasteiger partial charge in [0.25, 0.3) is 10.1 Å². The number of nitrogens with zero attached hydrogens (tertiary/aromatic N) is 2. The molecule has 6 aromatic rings.